The molecule has 6 heteroatoms. The van der Waals surface area contributed by atoms with Gasteiger partial charge in [0.25, 0.3) is 11.7 Å². The summed E-state index contributed by atoms with van der Waals surface area (Å²) in [6, 6.07) is 23.5. The number of unbranched alkanes of at least 4 members (excludes halogenated alkanes) is 1. The van der Waals surface area contributed by atoms with Gasteiger partial charge in [-0.25, -0.2) is 0 Å². The lowest BCUT2D eigenvalue weighted by atomic mass is 9.95. The fourth-order valence-electron chi connectivity index (χ4n) is 4.54. The minimum absolute atomic E-state index is 0.0796. The molecule has 1 saturated heterocycles. The molecule has 0 radical (unpaired) electrons. The zero-order valence-electron chi connectivity index (χ0n) is 22.1. The number of Topliss-reactive ketones (excluding diaryl/α,β-unsaturated/α-hetero) is 1. The molecule has 38 heavy (non-hydrogen) atoms. The number of benzene rings is 3. The number of ketones is 1. The van der Waals surface area contributed by atoms with E-state index in [9.17, 15) is 14.7 Å². The van der Waals surface area contributed by atoms with E-state index in [1.54, 1.807) is 29.2 Å². The van der Waals surface area contributed by atoms with Crippen LogP contribution < -0.4 is 9.47 Å². The third-order valence-electron chi connectivity index (χ3n) is 6.57. The van der Waals surface area contributed by atoms with Gasteiger partial charge in [0.2, 0.25) is 0 Å². The van der Waals surface area contributed by atoms with Gasteiger partial charge < -0.3 is 19.5 Å². The topological polar surface area (TPSA) is 76.1 Å². The highest BCUT2D eigenvalue weighted by Gasteiger charge is 2.46. The summed E-state index contributed by atoms with van der Waals surface area (Å²) in [6.45, 7) is 5.64. The molecule has 6 nitrogen and oxygen atoms in total. The first-order valence-electron chi connectivity index (χ1n) is 13.3. The first-order chi connectivity index (χ1) is 18.5. The molecule has 0 spiro atoms. The number of nitrogens with zero attached hydrogens (tertiary/aromatic N) is 1. The van der Waals surface area contributed by atoms with Gasteiger partial charge in [0.05, 0.1) is 24.8 Å². The largest absolute Gasteiger partial charge is 0.507 e. The minimum Gasteiger partial charge on any atom is -0.507 e. The highest BCUT2D eigenvalue weighted by atomic mass is 16.5. The van der Waals surface area contributed by atoms with Crippen LogP contribution in [0.25, 0.3) is 5.76 Å². The number of rotatable bonds is 12. The first-order valence-corrected chi connectivity index (χ1v) is 13.3. The summed E-state index contributed by atoms with van der Waals surface area (Å²) >= 11 is 0. The quantitative estimate of drug-likeness (QED) is 0.133. The lowest BCUT2D eigenvalue weighted by Crippen LogP contribution is -2.31. The molecule has 1 heterocycles. The number of ether oxygens (including phenoxy) is 2. The second kappa shape index (κ2) is 13.0. The van der Waals surface area contributed by atoms with Crippen LogP contribution in [0.2, 0.25) is 0 Å². The third-order valence-corrected chi connectivity index (χ3v) is 6.57. The second-order valence-corrected chi connectivity index (χ2v) is 9.38. The number of amides is 1. The summed E-state index contributed by atoms with van der Waals surface area (Å²) in [5, 5.41) is 11.4. The summed E-state index contributed by atoms with van der Waals surface area (Å²) in [4.78, 5) is 28.2. The number of likely N-dealkylation sites (tertiary alicyclic amines) is 1. The van der Waals surface area contributed by atoms with Crippen LogP contribution in [0.3, 0.4) is 0 Å². The number of hydrogen-bond donors (Lipinski definition) is 1. The maximum Gasteiger partial charge on any atom is 0.295 e. The number of carbonyl (C=O) groups is 2. The summed E-state index contributed by atoms with van der Waals surface area (Å²) < 4.78 is 11.6. The number of aliphatic hydroxyl groups is 1. The molecule has 4 rings (SSSR count). The summed E-state index contributed by atoms with van der Waals surface area (Å²) in [5.74, 6) is -0.158. The van der Waals surface area contributed by atoms with Crippen molar-refractivity contribution in [2.45, 2.75) is 45.6 Å². The van der Waals surface area contributed by atoms with Crippen molar-refractivity contribution < 1.29 is 24.2 Å². The van der Waals surface area contributed by atoms with Crippen LogP contribution in [0, 0.1) is 0 Å². The molecule has 0 bridgehead atoms. The Morgan fingerprint density at radius 3 is 2.29 bits per heavy atom. The van der Waals surface area contributed by atoms with E-state index in [2.05, 4.69) is 6.92 Å². The van der Waals surface area contributed by atoms with Gasteiger partial charge in [0.15, 0.2) is 0 Å². The van der Waals surface area contributed by atoms with Gasteiger partial charge in [-0.3, -0.25) is 9.59 Å². The molecule has 1 N–H and O–H groups in total. The molecule has 1 aliphatic rings. The molecule has 0 aliphatic carbocycles. The van der Waals surface area contributed by atoms with Crippen molar-refractivity contribution in [2.24, 2.45) is 0 Å². The van der Waals surface area contributed by atoms with Crippen molar-refractivity contribution in [1.82, 2.24) is 4.90 Å². The number of carbonyl (C=O) groups excluding carboxylic acids is 2. The first kappa shape index (κ1) is 27.0. The second-order valence-electron chi connectivity index (χ2n) is 9.38. The number of hydrogen-bond acceptors (Lipinski definition) is 5. The third kappa shape index (κ3) is 6.25. The van der Waals surface area contributed by atoms with Gasteiger partial charge in [0, 0.05) is 12.1 Å². The summed E-state index contributed by atoms with van der Waals surface area (Å²) in [6.07, 6.45) is 3.41. The zero-order chi connectivity index (χ0) is 26.9. The normalized spacial score (nSPS) is 16.6. The minimum atomic E-state index is -0.732. The van der Waals surface area contributed by atoms with E-state index in [-0.39, 0.29) is 11.3 Å². The van der Waals surface area contributed by atoms with Crippen LogP contribution in [0.1, 0.15) is 55.8 Å². The molecule has 1 atom stereocenters. The van der Waals surface area contributed by atoms with E-state index < -0.39 is 17.7 Å². The van der Waals surface area contributed by atoms with E-state index in [0.717, 1.165) is 30.4 Å². The van der Waals surface area contributed by atoms with Gasteiger partial charge in [-0.15, -0.1) is 0 Å². The Morgan fingerprint density at radius 2 is 1.58 bits per heavy atom. The molecule has 0 saturated carbocycles. The summed E-state index contributed by atoms with van der Waals surface area (Å²) in [5.41, 5.74) is 2.31. The van der Waals surface area contributed by atoms with Crippen molar-refractivity contribution in [2.75, 3.05) is 19.8 Å². The van der Waals surface area contributed by atoms with E-state index >= 15 is 0 Å². The van der Waals surface area contributed by atoms with Crippen molar-refractivity contribution in [3.8, 4) is 11.5 Å². The maximum absolute atomic E-state index is 13.4. The molecule has 198 valence electrons. The van der Waals surface area contributed by atoms with Crippen molar-refractivity contribution >= 4 is 17.4 Å². The van der Waals surface area contributed by atoms with Crippen LogP contribution in [0.15, 0.2) is 84.4 Å². The van der Waals surface area contributed by atoms with Crippen molar-refractivity contribution in [3.05, 3.63) is 101 Å². The SMILES string of the molecule is CCCCOc1cccc(C2/C(=C(\O)c3ccc(OCCC)cc3)C(=O)C(=O)N2CCc2ccccc2)c1. The molecule has 0 aromatic heterocycles. The Labute approximate surface area is 224 Å². The Hall–Kier alpha value is -4.06. The van der Waals surface area contributed by atoms with Crippen LogP contribution in [0.4, 0.5) is 0 Å². The van der Waals surface area contributed by atoms with E-state index in [1.807, 2.05) is 61.5 Å². The van der Waals surface area contributed by atoms with Crippen LogP contribution >= 0.6 is 0 Å². The lowest BCUT2D eigenvalue weighted by molar-refractivity contribution is -0.139. The average Bonchev–Trinajstić information content (AvgIpc) is 3.21. The average molecular weight is 514 g/mol. The van der Waals surface area contributed by atoms with Gasteiger partial charge >= 0.3 is 0 Å². The van der Waals surface area contributed by atoms with Crippen LogP contribution in [0.5, 0.6) is 11.5 Å². The summed E-state index contributed by atoms with van der Waals surface area (Å²) in [7, 11) is 0. The van der Waals surface area contributed by atoms with Gasteiger partial charge in [-0.05, 0) is 66.8 Å². The fraction of sp³-hybridized carbons (Fsp3) is 0.312. The van der Waals surface area contributed by atoms with Crippen LogP contribution in [-0.2, 0) is 16.0 Å². The van der Waals surface area contributed by atoms with Crippen LogP contribution in [-0.4, -0.2) is 41.5 Å². The molecule has 3 aromatic carbocycles. The monoisotopic (exact) mass is 513 g/mol. The van der Waals surface area contributed by atoms with E-state index in [4.69, 9.17) is 9.47 Å². The smallest absolute Gasteiger partial charge is 0.295 e. The maximum atomic E-state index is 13.4. The standard InChI is InChI=1S/C32H35NO5/c1-3-5-21-38-27-13-9-12-25(22-27)29-28(30(34)24-14-16-26(17-15-24)37-20-4-2)31(35)32(36)33(29)19-18-23-10-7-6-8-11-23/h6-17,22,29,34H,3-5,18-21H2,1-2H3/b30-28+. The molecular weight excluding hydrogens is 478 g/mol. The Balaban J connectivity index is 1.72. The molecule has 1 fully saturated rings. The highest BCUT2D eigenvalue weighted by molar-refractivity contribution is 6.46. The predicted molar refractivity (Wildman–Crippen MR) is 148 cm³/mol. The van der Waals surface area contributed by atoms with Crippen molar-refractivity contribution in [3.63, 3.8) is 0 Å². The molecule has 1 aliphatic heterocycles. The zero-order valence-corrected chi connectivity index (χ0v) is 22.1. The lowest BCUT2D eigenvalue weighted by Gasteiger charge is -2.26. The Kier molecular flexibility index (Phi) is 9.20. The Morgan fingerprint density at radius 1 is 0.842 bits per heavy atom. The molecule has 1 amide bonds. The van der Waals surface area contributed by atoms with E-state index in [1.165, 1.54) is 0 Å². The molecular formula is C32H35NO5. The highest BCUT2D eigenvalue weighted by Crippen LogP contribution is 2.40. The molecule has 3 aromatic rings. The van der Waals surface area contributed by atoms with Gasteiger partial charge in [-0.1, -0.05) is 62.7 Å². The molecule has 1 unspecified atom stereocenters. The Bertz CT molecular complexity index is 1270. The number of aliphatic hydroxyl groups excluding tert-OH is 1. The predicted octanol–water partition coefficient (Wildman–Crippen LogP) is 6.32. The van der Waals surface area contributed by atoms with Gasteiger partial charge in [0.1, 0.15) is 17.3 Å². The fourth-order valence-corrected chi connectivity index (χ4v) is 4.54. The van der Waals surface area contributed by atoms with Gasteiger partial charge in [-0.2, -0.15) is 0 Å². The van der Waals surface area contributed by atoms with Crippen molar-refractivity contribution in [1.29, 1.82) is 0 Å². The van der Waals surface area contributed by atoms with E-state index in [0.29, 0.717) is 43.2 Å².